The number of hydrogen-bond donors (Lipinski definition) is 0. The van der Waals surface area contributed by atoms with Crippen molar-refractivity contribution in [1.82, 2.24) is 4.57 Å². The third kappa shape index (κ3) is 6.38. The number of ether oxygens (including phenoxy) is 2. The van der Waals surface area contributed by atoms with Gasteiger partial charge in [-0.05, 0) is 54.5 Å². The lowest BCUT2D eigenvalue weighted by atomic mass is 9.95. The molecule has 236 valence electrons. The predicted molar refractivity (Wildman–Crippen MR) is 158 cm³/mol. The van der Waals surface area contributed by atoms with Crippen LogP contribution < -0.4 is 19.6 Å². The summed E-state index contributed by atoms with van der Waals surface area (Å²) in [5.74, 6) is -1.53. The molecule has 1 atom stereocenters. The Labute approximate surface area is 264 Å². The van der Waals surface area contributed by atoms with Gasteiger partial charge in [-0.3, -0.25) is 29.6 Å². The molecule has 0 radical (unpaired) electrons. The topological polar surface area (TPSA) is 156 Å². The molecule has 3 aromatic carbocycles. The molecule has 1 aliphatic rings. The van der Waals surface area contributed by atoms with E-state index in [-0.39, 0.29) is 38.0 Å². The quantitative estimate of drug-likeness (QED) is 0.133. The summed E-state index contributed by atoms with van der Waals surface area (Å²) in [4.78, 5) is 51.0. The second kappa shape index (κ2) is 12.6. The fraction of sp³-hybridized carbons (Fsp3) is 0.138. The minimum Gasteiger partial charge on any atom is -0.463 e. The number of nitro benzene ring substituents is 2. The molecule has 0 N–H and O–H groups in total. The Bertz CT molecular complexity index is 2110. The second-order valence-corrected chi connectivity index (χ2v) is 10.9. The highest BCUT2D eigenvalue weighted by molar-refractivity contribution is 7.07. The van der Waals surface area contributed by atoms with Crippen LogP contribution in [0.3, 0.4) is 0 Å². The maximum absolute atomic E-state index is 14.3. The molecule has 1 aromatic heterocycles. The van der Waals surface area contributed by atoms with Gasteiger partial charge in [-0.1, -0.05) is 47.2 Å². The Morgan fingerprint density at radius 2 is 1.80 bits per heavy atom. The van der Waals surface area contributed by atoms with E-state index >= 15 is 0 Å². The number of benzene rings is 3. The Balaban J connectivity index is 1.64. The summed E-state index contributed by atoms with van der Waals surface area (Å²) < 4.78 is 54.4. The van der Waals surface area contributed by atoms with E-state index in [9.17, 15) is 43.0 Å². The lowest BCUT2D eigenvalue weighted by molar-refractivity contribution is -0.394. The molecule has 0 aliphatic carbocycles. The molecule has 0 amide bonds. The molecule has 0 unspecified atom stereocenters. The molecule has 0 saturated heterocycles. The average Bonchev–Trinajstić information content (AvgIpc) is 3.30. The molecule has 4 aromatic rings. The van der Waals surface area contributed by atoms with Crippen molar-refractivity contribution < 1.29 is 37.3 Å². The van der Waals surface area contributed by atoms with Crippen molar-refractivity contribution in [3.63, 3.8) is 0 Å². The van der Waals surface area contributed by atoms with Crippen molar-refractivity contribution in [3.05, 3.63) is 134 Å². The Hall–Kier alpha value is -5.35. The van der Waals surface area contributed by atoms with Gasteiger partial charge in [-0.2, -0.15) is 13.2 Å². The molecule has 17 heteroatoms. The molecule has 46 heavy (non-hydrogen) atoms. The normalized spacial score (nSPS) is 14.8. The number of carbonyl (C=O) groups excluding carboxylic acids is 1. The fourth-order valence-electron chi connectivity index (χ4n) is 4.60. The summed E-state index contributed by atoms with van der Waals surface area (Å²) >= 11 is 6.64. The molecular formula is C29H18ClF3N4O8S. The number of hydrogen-bond acceptors (Lipinski definition) is 10. The molecule has 0 spiro atoms. The minimum atomic E-state index is -5.08. The fourth-order valence-corrected chi connectivity index (χ4v) is 5.72. The standard InChI is InChI=1S/C29H18ClF3N4O8S/c1-2-44-27(39)23-24(16-6-8-17(30)9-7-16)35-26(38)22(46-28(35)34-25(23)29(31,32)33)13-15-4-3-5-19(12-15)45-21-11-10-18(36(40)41)14-20(21)37(42)43/h3-14,24H,2H2,1H3/b22-13+/t24-/m1/s1. The first-order valence-corrected chi connectivity index (χ1v) is 14.2. The van der Waals surface area contributed by atoms with Gasteiger partial charge in [0, 0.05) is 11.1 Å². The SMILES string of the molecule is CCOC(=O)C1=C(C(F)(F)F)N=c2s/c(=C/c3cccc(Oc4ccc([N+](=O)[O-])cc4[N+](=O)[O-])c3)c(=O)n2[C@@H]1c1ccc(Cl)cc1. The van der Waals surface area contributed by atoms with Gasteiger partial charge >= 0.3 is 17.8 Å². The zero-order valence-corrected chi connectivity index (χ0v) is 24.8. The first-order chi connectivity index (χ1) is 21.8. The summed E-state index contributed by atoms with van der Waals surface area (Å²) in [5.41, 5.74) is -3.83. The summed E-state index contributed by atoms with van der Waals surface area (Å²) in [5, 5.41) is 22.8. The van der Waals surface area contributed by atoms with Gasteiger partial charge in [0.2, 0.25) is 5.75 Å². The van der Waals surface area contributed by atoms with Gasteiger partial charge in [-0.25, -0.2) is 9.79 Å². The van der Waals surface area contributed by atoms with Crippen molar-refractivity contribution >= 4 is 46.4 Å². The summed E-state index contributed by atoms with van der Waals surface area (Å²) in [6.45, 7) is 1.20. The second-order valence-electron chi connectivity index (χ2n) is 9.46. The lowest BCUT2D eigenvalue weighted by Gasteiger charge is -2.26. The molecule has 0 fully saturated rings. The van der Waals surface area contributed by atoms with E-state index in [0.717, 1.165) is 22.8 Å². The number of rotatable bonds is 8. The monoisotopic (exact) mass is 674 g/mol. The summed E-state index contributed by atoms with van der Waals surface area (Å²) in [6, 6.07) is 12.7. The number of non-ortho nitro benzene ring substituents is 1. The number of halogens is 4. The van der Waals surface area contributed by atoms with Gasteiger partial charge in [0.05, 0.1) is 38.7 Å². The predicted octanol–water partition coefficient (Wildman–Crippen LogP) is 5.60. The average molecular weight is 675 g/mol. The minimum absolute atomic E-state index is 0.0530. The van der Waals surface area contributed by atoms with Gasteiger partial charge in [-0.15, -0.1) is 0 Å². The number of thiazole rings is 1. The van der Waals surface area contributed by atoms with Crippen LogP contribution in [0, 0.1) is 20.2 Å². The van der Waals surface area contributed by atoms with Crippen molar-refractivity contribution in [2.75, 3.05) is 6.61 Å². The van der Waals surface area contributed by atoms with Crippen LogP contribution in [-0.2, 0) is 9.53 Å². The Morgan fingerprint density at radius 1 is 1.09 bits per heavy atom. The zero-order valence-electron chi connectivity index (χ0n) is 23.2. The molecular weight excluding hydrogens is 657 g/mol. The maximum Gasteiger partial charge on any atom is 0.434 e. The van der Waals surface area contributed by atoms with Gasteiger partial charge in [0.15, 0.2) is 10.5 Å². The van der Waals surface area contributed by atoms with Crippen molar-refractivity contribution in [1.29, 1.82) is 0 Å². The number of nitro groups is 2. The molecule has 12 nitrogen and oxygen atoms in total. The molecule has 0 bridgehead atoms. The number of aromatic nitrogens is 1. The molecule has 5 rings (SSSR count). The van der Waals surface area contributed by atoms with Crippen LogP contribution >= 0.6 is 22.9 Å². The Kier molecular flexibility index (Phi) is 8.76. The third-order valence-electron chi connectivity index (χ3n) is 6.51. The van der Waals surface area contributed by atoms with Gasteiger partial charge in [0.25, 0.3) is 11.2 Å². The van der Waals surface area contributed by atoms with E-state index in [1.807, 2.05) is 0 Å². The molecule has 0 saturated carbocycles. The zero-order chi connectivity index (χ0) is 33.3. The highest BCUT2D eigenvalue weighted by atomic mass is 35.5. The van der Waals surface area contributed by atoms with Gasteiger partial charge in [0.1, 0.15) is 5.75 Å². The van der Waals surface area contributed by atoms with E-state index < -0.39 is 56.2 Å². The van der Waals surface area contributed by atoms with Crippen LogP contribution in [0.15, 0.2) is 87.8 Å². The highest BCUT2D eigenvalue weighted by Gasteiger charge is 2.45. The van der Waals surface area contributed by atoms with Crippen LogP contribution in [0.25, 0.3) is 6.08 Å². The highest BCUT2D eigenvalue weighted by Crippen LogP contribution is 2.39. The summed E-state index contributed by atoms with van der Waals surface area (Å²) in [7, 11) is 0. The number of carbonyl (C=O) groups is 1. The lowest BCUT2D eigenvalue weighted by Crippen LogP contribution is -2.41. The van der Waals surface area contributed by atoms with Crippen LogP contribution in [0.2, 0.25) is 5.02 Å². The van der Waals surface area contributed by atoms with E-state index in [1.54, 1.807) is 0 Å². The van der Waals surface area contributed by atoms with Crippen LogP contribution in [0.4, 0.5) is 24.5 Å². The third-order valence-corrected chi connectivity index (χ3v) is 7.75. The van der Waals surface area contributed by atoms with E-state index in [1.165, 1.54) is 61.5 Å². The van der Waals surface area contributed by atoms with Crippen molar-refractivity contribution in [2.24, 2.45) is 4.99 Å². The number of fused-ring (bicyclic) bond motifs is 1. The van der Waals surface area contributed by atoms with E-state index in [4.69, 9.17) is 21.1 Å². The van der Waals surface area contributed by atoms with Crippen LogP contribution in [0.5, 0.6) is 11.5 Å². The molecule has 1 aliphatic heterocycles. The Morgan fingerprint density at radius 3 is 2.43 bits per heavy atom. The first kappa shape index (κ1) is 32.1. The first-order valence-electron chi connectivity index (χ1n) is 13.0. The van der Waals surface area contributed by atoms with Crippen LogP contribution in [0.1, 0.15) is 24.1 Å². The number of allylic oxidation sites excluding steroid dienone is 1. The van der Waals surface area contributed by atoms with Gasteiger partial charge < -0.3 is 9.47 Å². The maximum atomic E-state index is 14.3. The van der Waals surface area contributed by atoms with Crippen molar-refractivity contribution in [3.8, 4) is 11.5 Å². The van der Waals surface area contributed by atoms with E-state index in [2.05, 4.69) is 4.99 Å². The van der Waals surface area contributed by atoms with E-state index in [0.29, 0.717) is 16.9 Å². The van der Waals surface area contributed by atoms with Crippen molar-refractivity contribution in [2.45, 2.75) is 19.1 Å². The number of nitrogens with zero attached hydrogens (tertiary/aromatic N) is 4. The largest absolute Gasteiger partial charge is 0.463 e. The number of esters is 1. The van der Waals surface area contributed by atoms with Crippen LogP contribution in [-0.4, -0.2) is 33.2 Å². The smallest absolute Gasteiger partial charge is 0.434 e. The molecule has 2 heterocycles. The summed E-state index contributed by atoms with van der Waals surface area (Å²) in [6.07, 6.45) is -3.73. The number of alkyl halides is 3.